The smallest absolute Gasteiger partial charge is 0.252 e. The molecule has 2 heterocycles. The first kappa shape index (κ1) is 18.9. The van der Waals surface area contributed by atoms with Gasteiger partial charge in [0.15, 0.2) is 5.96 Å². The minimum Gasteiger partial charge on any atom is -0.354 e. The van der Waals surface area contributed by atoms with Crippen LogP contribution in [0.5, 0.6) is 0 Å². The fraction of sp³-hybridized carbons (Fsp3) is 0.381. The molecule has 0 bridgehead atoms. The number of carbonyl (C=O) groups excluding carboxylic acids is 1. The zero-order chi connectivity index (χ0) is 18.9. The number of nitrogens with one attached hydrogen (secondary N) is 2. The lowest BCUT2D eigenvalue weighted by Gasteiger charge is -2.22. The Balaban J connectivity index is 1.40. The summed E-state index contributed by atoms with van der Waals surface area (Å²) in [6, 6.07) is 14.2. The molecule has 0 spiro atoms. The molecule has 1 aliphatic heterocycles. The molecule has 6 nitrogen and oxygen atoms in total. The summed E-state index contributed by atoms with van der Waals surface area (Å²) in [6.07, 6.45) is 5.51. The predicted octanol–water partition coefficient (Wildman–Crippen LogP) is 1.95. The number of carbonyl (C=O) groups is 1. The van der Waals surface area contributed by atoms with E-state index in [1.54, 1.807) is 31.6 Å². The van der Waals surface area contributed by atoms with Crippen molar-refractivity contribution in [3.63, 3.8) is 0 Å². The summed E-state index contributed by atoms with van der Waals surface area (Å²) < 4.78 is 0. The first-order valence-corrected chi connectivity index (χ1v) is 9.44. The van der Waals surface area contributed by atoms with Gasteiger partial charge < -0.3 is 15.5 Å². The maximum absolute atomic E-state index is 12.0. The van der Waals surface area contributed by atoms with Gasteiger partial charge in [-0.1, -0.05) is 30.3 Å². The molecule has 0 radical (unpaired) electrons. The van der Waals surface area contributed by atoms with Crippen LogP contribution in [0.3, 0.4) is 0 Å². The number of benzene rings is 1. The largest absolute Gasteiger partial charge is 0.354 e. The third kappa shape index (κ3) is 5.54. The van der Waals surface area contributed by atoms with Gasteiger partial charge in [-0.15, -0.1) is 0 Å². The summed E-state index contributed by atoms with van der Waals surface area (Å²) in [5.41, 5.74) is 1.97. The molecule has 1 fully saturated rings. The summed E-state index contributed by atoms with van der Waals surface area (Å²) in [7, 11) is 1.81. The van der Waals surface area contributed by atoms with Crippen LogP contribution in [0.25, 0.3) is 0 Å². The van der Waals surface area contributed by atoms with Crippen LogP contribution < -0.4 is 10.6 Å². The Morgan fingerprint density at radius 3 is 2.74 bits per heavy atom. The zero-order valence-corrected chi connectivity index (χ0v) is 15.8. The van der Waals surface area contributed by atoms with Crippen LogP contribution >= 0.6 is 0 Å². The van der Waals surface area contributed by atoms with E-state index >= 15 is 0 Å². The Hall–Kier alpha value is -2.89. The number of hydrogen-bond donors (Lipinski definition) is 2. The molecule has 1 aromatic heterocycles. The summed E-state index contributed by atoms with van der Waals surface area (Å²) in [5.74, 6) is 1.45. The van der Waals surface area contributed by atoms with E-state index in [0.29, 0.717) is 24.6 Å². The van der Waals surface area contributed by atoms with Gasteiger partial charge in [0, 0.05) is 45.6 Å². The lowest BCUT2D eigenvalue weighted by molar-refractivity contribution is 0.0954. The van der Waals surface area contributed by atoms with E-state index in [-0.39, 0.29) is 5.91 Å². The molecule has 142 valence electrons. The Morgan fingerprint density at radius 2 is 2.00 bits per heavy atom. The van der Waals surface area contributed by atoms with Gasteiger partial charge in [-0.2, -0.15) is 0 Å². The summed E-state index contributed by atoms with van der Waals surface area (Å²) in [6.45, 7) is 3.20. The van der Waals surface area contributed by atoms with E-state index in [0.717, 1.165) is 25.5 Å². The van der Waals surface area contributed by atoms with Gasteiger partial charge >= 0.3 is 0 Å². The second-order valence-corrected chi connectivity index (χ2v) is 6.76. The van der Waals surface area contributed by atoms with Gasteiger partial charge in [0.2, 0.25) is 0 Å². The molecule has 1 aliphatic rings. The summed E-state index contributed by atoms with van der Waals surface area (Å²) >= 11 is 0. The molecule has 2 aromatic rings. The van der Waals surface area contributed by atoms with E-state index in [9.17, 15) is 4.79 Å². The molecular weight excluding hydrogens is 338 g/mol. The van der Waals surface area contributed by atoms with Crippen molar-refractivity contribution in [1.29, 1.82) is 0 Å². The highest BCUT2D eigenvalue weighted by molar-refractivity contribution is 5.93. The molecule has 6 heteroatoms. The van der Waals surface area contributed by atoms with Crippen LogP contribution in [0.15, 0.2) is 59.9 Å². The summed E-state index contributed by atoms with van der Waals surface area (Å²) in [5, 5.41) is 6.24. The van der Waals surface area contributed by atoms with Crippen molar-refractivity contribution in [1.82, 2.24) is 20.5 Å². The molecule has 2 N–H and O–H groups in total. The van der Waals surface area contributed by atoms with Crippen LogP contribution in [-0.4, -0.2) is 55.0 Å². The second kappa shape index (κ2) is 9.71. The van der Waals surface area contributed by atoms with Crippen LogP contribution in [0.4, 0.5) is 0 Å². The minimum atomic E-state index is -0.107. The highest BCUT2D eigenvalue weighted by Crippen LogP contribution is 2.20. The van der Waals surface area contributed by atoms with Gasteiger partial charge in [-0.3, -0.25) is 14.8 Å². The van der Waals surface area contributed by atoms with Crippen molar-refractivity contribution in [2.75, 3.05) is 33.2 Å². The lowest BCUT2D eigenvalue weighted by Crippen LogP contribution is -2.43. The molecule has 1 amide bonds. The highest BCUT2D eigenvalue weighted by atomic mass is 16.1. The molecule has 27 heavy (non-hydrogen) atoms. The van der Waals surface area contributed by atoms with Crippen LogP contribution in [0.1, 0.15) is 22.3 Å². The Bertz CT molecular complexity index is 748. The molecule has 1 aromatic carbocycles. The van der Waals surface area contributed by atoms with Gasteiger partial charge in [-0.25, -0.2) is 0 Å². The third-order valence-corrected chi connectivity index (χ3v) is 4.78. The second-order valence-electron chi connectivity index (χ2n) is 6.76. The van der Waals surface area contributed by atoms with Crippen molar-refractivity contribution in [2.45, 2.75) is 12.8 Å². The van der Waals surface area contributed by atoms with Crippen molar-refractivity contribution in [3.8, 4) is 0 Å². The average molecular weight is 365 g/mol. The Kier molecular flexibility index (Phi) is 6.79. The van der Waals surface area contributed by atoms with E-state index < -0.39 is 0 Å². The monoisotopic (exact) mass is 365 g/mol. The standard InChI is InChI=1S/C21H27N5O/c1-22-21(25-12-11-24-20(27)19-8-5-10-23-15-19)26-13-9-18(16-26)14-17-6-3-2-4-7-17/h2-8,10,15,18H,9,11-14,16H2,1H3,(H,22,25)(H,24,27). The third-order valence-electron chi connectivity index (χ3n) is 4.78. The zero-order valence-electron chi connectivity index (χ0n) is 15.8. The average Bonchev–Trinajstić information content (AvgIpc) is 3.17. The normalized spacial score (nSPS) is 17.0. The maximum Gasteiger partial charge on any atom is 0.252 e. The number of likely N-dealkylation sites (tertiary alicyclic amines) is 1. The van der Waals surface area contributed by atoms with Crippen molar-refractivity contribution < 1.29 is 4.79 Å². The summed E-state index contributed by atoms with van der Waals surface area (Å²) in [4.78, 5) is 22.7. The van der Waals surface area contributed by atoms with E-state index in [2.05, 4.69) is 55.8 Å². The van der Waals surface area contributed by atoms with E-state index in [1.807, 2.05) is 0 Å². The molecule has 1 saturated heterocycles. The first-order chi connectivity index (χ1) is 13.3. The number of amides is 1. The number of rotatable bonds is 6. The van der Waals surface area contributed by atoms with Crippen molar-refractivity contribution >= 4 is 11.9 Å². The van der Waals surface area contributed by atoms with Crippen LogP contribution in [0, 0.1) is 5.92 Å². The Morgan fingerprint density at radius 1 is 1.19 bits per heavy atom. The number of aliphatic imine (C=N–C) groups is 1. The molecule has 1 unspecified atom stereocenters. The number of hydrogen-bond acceptors (Lipinski definition) is 3. The predicted molar refractivity (Wildman–Crippen MR) is 108 cm³/mol. The topological polar surface area (TPSA) is 69.6 Å². The first-order valence-electron chi connectivity index (χ1n) is 9.44. The van der Waals surface area contributed by atoms with Crippen LogP contribution in [-0.2, 0) is 6.42 Å². The molecule has 3 rings (SSSR count). The SMILES string of the molecule is CN=C(NCCNC(=O)c1cccnc1)N1CCC(Cc2ccccc2)C1. The number of aromatic nitrogens is 1. The maximum atomic E-state index is 12.0. The quantitative estimate of drug-likeness (QED) is 0.466. The van der Waals surface area contributed by atoms with Crippen LogP contribution in [0.2, 0.25) is 0 Å². The molecule has 0 aliphatic carbocycles. The minimum absolute atomic E-state index is 0.107. The lowest BCUT2D eigenvalue weighted by atomic mass is 9.99. The fourth-order valence-electron chi connectivity index (χ4n) is 3.42. The molecule has 0 saturated carbocycles. The van der Waals surface area contributed by atoms with Gasteiger partial charge in [-0.05, 0) is 36.5 Å². The van der Waals surface area contributed by atoms with Gasteiger partial charge in [0.1, 0.15) is 0 Å². The number of pyridine rings is 1. The highest BCUT2D eigenvalue weighted by Gasteiger charge is 2.24. The number of guanidine groups is 1. The van der Waals surface area contributed by atoms with Gasteiger partial charge in [0.25, 0.3) is 5.91 Å². The van der Waals surface area contributed by atoms with Gasteiger partial charge in [0.05, 0.1) is 5.56 Å². The molecule has 1 atom stereocenters. The number of nitrogens with zero attached hydrogens (tertiary/aromatic N) is 3. The van der Waals surface area contributed by atoms with E-state index in [1.165, 1.54) is 12.0 Å². The Labute approximate surface area is 160 Å². The van der Waals surface area contributed by atoms with Crippen molar-refractivity contribution in [3.05, 3.63) is 66.0 Å². The fourth-order valence-corrected chi connectivity index (χ4v) is 3.42. The van der Waals surface area contributed by atoms with E-state index in [4.69, 9.17) is 0 Å². The molecular formula is C21H27N5O. The van der Waals surface area contributed by atoms with Crippen molar-refractivity contribution in [2.24, 2.45) is 10.9 Å².